The number of nitrogens with one attached hydrogen (secondary N) is 2. The van der Waals surface area contributed by atoms with E-state index < -0.39 is 0 Å². The van der Waals surface area contributed by atoms with Crippen molar-refractivity contribution >= 4 is 5.91 Å². The first-order chi connectivity index (χ1) is 15.7. The lowest BCUT2D eigenvalue weighted by Crippen LogP contribution is -2.54. The molecule has 2 saturated heterocycles. The third-order valence-corrected chi connectivity index (χ3v) is 7.77. The van der Waals surface area contributed by atoms with Crippen molar-refractivity contribution in [1.82, 2.24) is 15.5 Å². The second-order valence-corrected chi connectivity index (χ2v) is 9.63. The van der Waals surface area contributed by atoms with Crippen LogP contribution in [0.2, 0.25) is 0 Å². The van der Waals surface area contributed by atoms with E-state index in [1.807, 2.05) is 37.3 Å². The Balaban J connectivity index is 1.31. The van der Waals surface area contributed by atoms with Gasteiger partial charge in [0.25, 0.3) is 5.91 Å². The zero-order valence-corrected chi connectivity index (χ0v) is 18.6. The summed E-state index contributed by atoms with van der Waals surface area (Å²) in [5, 5.41) is 6.90. The zero-order chi connectivity index (χ0) is 21.7. The van der Waals surface area contributed by atoms with Crippen LogP contribution in [0, 0.1) is 5.92 Å². The van der Waals surface area contributed by atoms with Crippen LogP contribution in [0.3, 0.4) is 0 Å². The van der Waals surface area contributed by atoms with Crippen LogP contribution in [0.1, 0.15) is 65.3 Å². The molecule has 4 aliphatic rings. The molecule has 4 aliphatic heterocycles. The van der Waals surface area contributed by atoms with Crippen LogP contribution in [-0.4, -0.2) is 43.3 Å². The standard InChI is InChI=1S/C26H31N3O3/c1-16(17-6-3-2-4-7-17)28-26(30)20-12-18-9-11-29-14-19-8-5-10-27-21(19)13-22(29)23(18)25-24(20)31-15-32-25/h2-4,6-7,12,16,19,21-22,27H,5,8-11,13-15H2,1H3,(H,28,30)/t16-,19-,21+,22+/m1/s1. The average molecular weight is 434 g/mol. The molecule has 4 atom stereocenters. The number of hydrogen-bond acceptors (Lipinski definition) is 5. The summed E-state index contributed by atoms with van der Waals surface area (Å²) in [6.45, 7) is 5.50. The fourth-order valence-electron chi connectivity index (χ4n) is 6.13. The quantitative estimate of drug-likeness (QED) is 0.775. The monoisotopic (exact) mass is 433 g/mol. The van der Waals surface area contributed by atoms with Gasteiger partial charge in [-0.1, -0.05) is 30.3 Å². The summed E-state index contributed by atoms with van der Waals surface area (Å²) in [5.41, 5.74) is 4.17. The highest BCUT2D eigenvalue weighted by molar-refractivity contribution is 5.99. The fourth-order valence-corrected chi connectivity index (χ4v) is 6.13. The Morgan fingerprint density at radius 2 is 2.06 bits per heavy atom. The lowest BCUT2D eigenvalue weighted by molar-refractivity contribution is 0.0534. The molecular formula is C26H31N3O3. The number of hydrogen-bond donors (Lipinski definition) is 2. The molecule has 6 nitrogen and oxygen atoms in total. The van der Waals surface area contributed by atoms with Gasteiger partial charge in [0.15, 0.2) is 11.5 Å². The molecule has 0 unspecified atom stereocenters. The van der Waals surface area contributed by atoms with E-state index in [1.165, 1.54) is 24.0 Å². The van der Waals surface area contributed by atoms with E-state index in [4.69, 9.17) is 9.47 Å². The molecule has 168 valence electrons. The van der Waals surface area contributed by atoms with Gasteiger partial charge < -0.3 is 20.1 Å². The van der Waals surface area contributed by atoms with Crippen LogP contribution >= 0.6 is 0 Å². The molecule has 6 rings (SSSR count). The Hall–Kier alpha value is -2.57. The van der Waals surface area contributed by atoms with Gasteiger partial charge in [-0.3, -0.25) is 9.69 Å². The highest BCUT2D eigenvalue weighted by atomic mass is 16.7. The first-order valence-corrected chi connectivity index (χ1v) is 12.0. The molecule has 1 amide bonds. The summed E-state index contributed by atoms with van der Waals surface area (Å²) in [7, 11) is 0. The van der Waals surface area contributed by atoms with Crippen molar-refractivity contribution < 1.29 is 14.3 Å². The largest absolute Gasteiger partial charge is 0.453 e. The molecule has 2 N–H and O–H groups in total. The Morgan fingerprint density at radius 3 is 2.94 bits per heavy atom. The molecule has 0 saturated carbocycles. The minimum absolute atomic E-state index is 0.0825. The second-order valence-electron chi connectivity index (χ2n) is 9.63. The third kappa shape index (κ3) is 3.37. The second kappa shape index (κ2) is 8.09. The van der Waals surface area contributed by atoms with Crippen LogP contribution in [-0.2, 0) is 6.42 Å². The Kier molecular flexibility index (Phi) is 5.07. The van der Waals surface area contributed by atoms with Crippen molar-refractivity contribution in [2.24, 2.45) is 5.92 Å². The number of rotatable bonds is 3. The average Bonchev–Trinajstić information content (AvgIpc) is 3.32. The summed E-state index contributed by atoms with van der Waals surface area (Å²) in [4.78, 5) is 15.9. The van der Waals surface area contributed by atoms with E-state index >= 15 is 0 Å². The van der Waals surface area contributed by atoms with Crippen LogP contribution in [0.4, 0.5) is 0 Å². The smallest absolute Gasteiger partial charge is 0.255 e. The molecule has 2 aromatic rings. The molecule has 32 heavy (non-hydrogen) atoms. The van der Waals surface area contributed by atoms with Crippen molar-refractivity contribution in [3.8, 4) is 11.5 Å². The number of fused-ring (bicyclic) bond motifs is 6. The van der Waals surface area contributed by atoms with E-state index in [-0.39, 0.29) is 18.7 Å². The van der Waals surface area contributed by atoms with Gasteiger partial charge in [-0.15, -0.1) is 0 Å². The molecule has 4 heterocycles. The number of carbonyl (C=O) groups is 1. The van der Waals surface area contributed by atoms with Gasteiger partial charge in [-0.2, -0.15) is 0 Å². The summed E-state index contributed by atoms with van der Waals surface area (Å²) >= 11 is 0. The molecule has 2 fully saturated rings. The van der Waals surface area contributed by atoms with Crippen LogP contribution in [0.5, 0.6) is 11.5 Å². The number of piperidine rings is 2. The van der Waals surface area contributed by atoms with E-state index in [0.29, 0.717) is 23.4 Å². The molecular weight excluding hydrogens is 402 g/mol. The molecule has 6 heteroatoms. The predicted octanol–water partition coefficient (Wildman–Crippen LogP) is 3.58. The topological polar surface area (TPSA) is 62.8 Å². The van der Waals surface area contributed by atoms with Gasteiger partial charge in [-0.05, 0) is 62.3 Å². The maximum absolute atomic E-state index is 13.3. The van der Waals surface area contributed by atoms with Crippen LogP contribution < -0.4 is 20.1 Å². The Bertz CT molecular complexity index is 1020. The van der Waals surface area contributed by atoms with Crippen LogP contribution in [0.25, 0.3) is 0 Å². The van der Waals surface area contributed by atoms with E-state index in [9.17, 15) is 4.79 Å². The number of carbonyl (C=O) groups excluding carboxylic acids is 1. The summed E-state index contributed by atoms with van der Waals surface area (Å²) in [6.07, 6.45) is 4.65. The number of amides is 1. The van der Waals surface area contributed by atoms with E-state index in [0.717, 1.165) is 49.7 Å². The van der Waals surface area contributed by atoms with Crippen molar-refractivity contribution in [3.05, 3.63) is 58.7 Å². The minimum atomic E-state index is -0.106. The van der Waals surface area contributed by atoms with E-state index in [1.54, 1.807) is 0 Å². The van der Waals surface area contributed by atoms with Crippen LogP contribution in [0.15, 0.2) is 36.4 Å². The SMILES string of the molecule is C[C@@H](NC(=O)c1cc2c(c3c1OCO3)[C@@H]1C[C@@H]3NCCC[C@@H]3CN1CC2)c1ccccc1. The summed E-state index contributed by atoms with van der Waals surface area (Å²) < 4.78 is 11.9. The first-order valence-electron chi connectivity index (χ1n) is 12.0. The number of benzene rings is 2. The lowest BCUT2D eigenvalue weighted by Gasteiger charge is -2.49. The van der Waals surface area contributed by atoms with Gasteiger partial charge >= 0.3 is 0 Å². The lowest BCUT2D eigenvalue weighted by atomic mass is 9.77. The van der Waals surface area contributed by atoms with Gasteiger partial charge in [0.05, 0.1) is 11.6 Å². The fraction of sp³-hybridized carbons (Fsp3) is 0.500. The van der Waals surface area contributed by atoms with Crippen molar-refractivity contribution in [1.29, 1.82) is 0 Å². The number of ether oxygens (including phenoxy) is 2. The van der Waals surface area contributed by atoms with Crippen molar-refractivity contribution in [3.63, 3.8) is 0 Å². The van der Waals surface area contributed by atoms with Crippen molar-refractivity contribution in [2.75, 3.05) is 26.4 Å². The molecule has 0 radical (unpaired) electrons. The van der Waals surface area contributed by atoms with E-state index in [2.05, 4.69) is 21.6 Å². The van der Waals surface area contributed by atoms with Gasteiger partial charge in [0.1, 0.15) is 0 Å². The predicted molar refractivity (Wildman–Crippen MR) is 122 cm³/mol. The third-order valence-electron chi connectivity index (χ3n) is 7.77. The zero-order valence-electron chi connectivity index (χ0n) is 18.6. The Labute approximate surface area is 189 Å². The van der Waals surface area contributed by atoms with Crippen molar-refractivity contribution in [2.45, 2.75) is 50.7 Å². The molecule has 0 spiro atoms. The summed E-state index contributed by atoms with van der Waals surface area (Å²) in [6, 6.07) is 12.9. The highest BCUT2D eigenvalue weighted by Crippen LogP contribution is 2.50. The molecule has 2 aromatic carbocycles. The molecule has 0 bridgehead atoms. The molecule has 0 aliphatic carbocycles. The normalized spacial score (nSPS) is 27.1. The maximum Gasteiger partial charge on any atom is 0.255 e. The van der Waals surface area contributed by atoms with Gasteiger partial charge in [0.2, 0.25) is 6.79 Å². The van der Waals surface area contributed by atoms with Gasteiger partial charge in [-0.25, -0.2) is 0 Å². The Morgan fingerprint density at radius 1 is 1.22 bits per heavy atom. The highest BCUT2D eigenvalue weighted by Gasteiger charge is 2.43. The van der Waals surface area contributed by atoms with Gasteiger partial charge in [0, 0.05) is 30.7 Å². The minimum Gasteiger partial charge on any atom is -0.453 e. The summed E-state index contributed by atoms with van der Waals surface area (Å²) in [5.74, 6) is 2.05. The first kappa shape index (κ1) is 20.1. The number of nitrogens with zero attached hydrogens (tertiary/aromatic N) is 1. The molecule has 0 aromatic heterocycles. The maximum atomic E-state index is 13.3.